The van der Waals surface area contributed by atoms with Gasteiger partial charge in [-0.2, -0.15) is 0 Å². The molecule has 4 rings (SSSR count). The summed E-state index contributed by atoms with van der Waals surface area (Å²) in [5, 5.41) is 16.7. The molecule has 0 saturated heterocycles. The minimum absolute atomic E-state index is 0.216. The number of hydrogen-bond donors (Lipinski definition) is 0. The van der Waals surface area contributed by atoms with E-state index in [2.05, 4.69) is 27.3 Å². The lowest BCUT2D eigenvalue weighted by atomic mass is 10.1. The van der Waals surface area contributed by atoms with Crippen molar-refractivity contribution in [3.05, 3.63) is 70.9 Å². The van der Waals surface area contributed by atoms with Gasteiger partial charge in [-0.1, -0.05) is 35.5 Å². The van der Waals surface area contributed by atoms with Gasteiger partial charge in [0.25, 0.3) is 11.1 Å². The molecular formula is C21H20N4O3S. The summed E-state index contributed by atoms with van der Waals surface area (Å²) >= 11 is 1.34. The van der Waals surface area contributed by atoms with Crippen molar-refractivity contribution in [2.75, 3.05) is 0 Å². The maximum Gasteiger partial charge on any atom is 0.277 e. The van der Waals surface area contributed by atoms with Crippen molar-refractivity contribution < 1.29 is 13.6 Å². The molecule has 0 amide bonds. The minimum Gasteiger partial charge on any atom is -0.484 e. The first-order valence-corrected chi connectivity index (χ1v) is 10.1. The van der Waals surface area contributed by atoms with E-state index in [1.165, 1.54) is 22.9 Å². The molecule has 0 fully saturated rings. The number of nitrogens with zero attached hydrogens (tertiary/aromatic N) is 4. The molecule has 2 aromatic heterocycles. The average Bonchev–Trinajstić information content (AvgIpc) is 3.37. The summed E-state index contributed by atoms with van der Waals surface area (Å²) in [6.45, 7) is 6.35. The molecule has 0 unspecified atom stereocenters. The Labute approximate surface area is 172 Å². The van der Waals surface area contributed by atoms with Crippen molar-refractivity contribution in [1.82, 2.24) is 20.4 Å². The summed E-state index contributed by atoms with van der Waals surface area (Å²) in [4.78, 5) is 0. The summed E-state index contributed by atoms with van der Waals surface area (Å²) in [7, 11) is 0. The van der Waals surface area contributed by atoms with Crippen molar-refractivity contribution in [3.8, 4) is 17.2 Å². The molecule has 0 radical (unpaired) electrons. The molecule has 0 bridgehead atoms. The van der Waals surface area contributed by atoms with Gasteiger partial charge in [0.15, 0.2) is 6.61 Å². The fourth-order valence-electron chi connectivity index (χ4n) is 2.63. The SMILES string of the molecule is Cc1cccc(-c2nnc(CSc3nnc(COc4ccc(C)c(C)c4)o3)o2)c1. The van der Waals surface area contributed by atoms with Crippen LogP contribution >= 0.6 is 11.8 Å². The molecule has 2 aromatic carbocycles. The first-order valence-electron chi connectivity index (χ1n) is 9.11. The van der Waals surface area contributed by atoms with Crippen LogP contribution in [0.3, 0.4) is 0 Å². The molecule has 29 heavy (non-hydrogen) atoms. The van der Waals surface area contributed by atoms with E-state index in [0.29, 0.717) is 28.6 Å². The molecule has 0 N–H and O–H groups in total. The molecule has 0 aliphatic carbocycles. The summed E-state index contributed by atoms with van der Waals surface area (Å²) in [6, 6.07) is 13.9. The predicted octanol–water partition coefficient (Wildman–Crippen LogP) is 4.92. The van der Waals surface area contributed by atoms with Gasteiger partial charge < -0.3 is 13.6 Å². The summed E-state index contributed by atoms with van der Waals surface area (Å²) in [5.41, 5.74) is 4.43. The van der Waals surface area contributed by atoms with Gasteiger partial charge in [0.05, 0.1) is 5.75 Å². The number of aryl methyl sites for hydroxylation is 3. The van der Waals surface area contributed by atoms with Crippen LogP contribution in [0.25, 0.3) is 11.5 Å². The number of aromatic nitrogens is 4. The van der Waals surface area contributed by atoms with Gasteiger partial charge in [0.2, 0.25) is 11.8 Å². The smallest absolute Gasteiger partial charge is 0.277 e. The maximum absolute atomic E-state index is 5.72. The second-order valence-corrected chi connectivity index (χ2v) is 7.58. The van der Waals surface area contributed by atoms with Crippen LogP contribution in [0.4, 0.5) is 0 Å². The lowest BCUT2D eigenvalue weighted by Gasteiger charge is -2.05. The Kier molecular flexibility index (Phi) is 5.62. The Balaban J connectivity index is 1.32. The molecule has 8 heteroatoms. The van der Waals surface area contributed by atoms with E-state index in [0.717, 1.165) is 16.9 Å². The van der Waals surface area contributed by atoms with Gasteiger partial charge >= 0.3 is 0 Å². The fourth-order valence-corrected chi connectivity index (χ4v) is 3.25. The predicted molar refractivity (Wildman–Crippen MR) is 109 cm³/mol. The normalized spacial score (nSPS) is 11.0. The lowest BCUT2D eigenvalue weighted by molar-refractivity contribution is 0.252. The topological polar surface area (TPSA) is 87.1 Å². The second-order valence-electron chi connectivity index (χ2n) is 6.66. The van der Waals surface area contributed by atoms with Gasteiger partial charge in [0, 0.05) is 5.56 Å². The number of hydrogen-bond acceptors (Lipinski definition) is 8. The van der Waals surface area contributed by atoms with Crippen LogP contribution in [0.2, 0.25) is 0 Å². The van der Waals surface area contributed by atoms with Crippen LogP contribution in [0.5, 0.6) is 5.75 Å². The van der Waals surface area contributed by atoms with Gasteiger partial charge in [-0.15, -0.1) is 20.4 Å². The third-order valence-corrected chi connectivity index (χ3v) is 5.14. The van der Waals surface area contributed by atoms with Crippen molar-refractivity contribution in [2.45, 2.75) is 38.4 Å². The van der Waals surface area contributed by atoms with E-state index in [1.807, 2.05) is 56.3 Å². The van der Waals surface area contributed by atoms with Crippen molar-refractivity contribution >= 4 is 11.8 Å². The zero-order valence-corrected chi connectivity index (χ0v) is 17.2. The van der Waals surface area contributed by atoms with E-state index < -0.39 is 0 Å². The van der Waals surface area contributed by atoms with Crippen LogP contribution in [0.1, 0.15) is 28.5 Å². The largest absolute Gasteiger partial charge is 0.484 e. The number of thioether (sulfide) groups is 1. The summed E-state index contributed by atoms with van der Waals surface area (Å²) < 4.78 is 17.1. The van der Waals surface area contributed by atoms with Gasteiger partial charge in [0.1, 0.15) is 5.75 Å². The van der Waals surface area contributed by atoms with Crippen LogP contribution in [-0.2, 0) is 12.4 Å². The Morgan fingerprint density at radius 2 is 1.72 bits per heavy atom. The Bertz CT molecular complexity index is 1120. The van der Waals surface area contributed by atoms with Gasteiger partial charge in [-0.25, -0.2) is 0 Å². The van der Waals surface area contributed by atoms with E-state index in [1.54, 1.807) is 0 Å². The lowest BCUT2D eigenvalue weighted by Crippen LogP contribution is -1.96. The van der Waals surface area contributed by atoms with E-state index in [4.69, 9.17) is 13.6 Å². The van der Waals surface area contributed by atoms with Gasteiger partial charge in [-0.05, 0) is 56.2 Å². The Hall–Kier alpha value is -3.13. The molecule has 4 aromatic rings. The first kappa shape index (κ1) is 19.2. The highest BCUT2D eigenvalue weighted by Crippen LogP contribution is 2.25. The van der Waals surface area contributed by atoms with Crippen molar-refractivity contribution in [1.29, 1.82) is 0 Å². The van der Waals surface area contributed by atoms with Crippen LogP contribution in [-0.4, -0.2) is 20.4 Å². The van der Waals surface area contributed by atoms with E-state index in [9.17, 15) is 0 Å². The average molecular weight is 408 g/mol. The molecule has 7 nitrogen and oxygen atoms in total. The Morgan fingerprint density at radius 1 is 0.862 bits per heavy atom. The molecule has 0 aliphatic heterocycles. The van der Waals surface area contributed by atoms with Crippen LogP contribution in [0.15, 0.2) is 56.5 Å². The highest BCUT2D eigenvalue weighted by Gasteiger charge is 2.12. The quantitative estimate of drug-likeness (QED) is 0.398. The second kappa shape index (κ2) is 8.48. The highest BCUT2D eigenvalue weighted by atomic mass is 32.2. The zero-order chi connectivity index (χ0) is 20.2. The molecule has 0 atom stereocenters. The van der Waals surface area contributed by atoms with Crippen molar-refractivity contribution in [3.63, 3.8) is 0 Å². The van der Waals surface area contributed by atoms with Gasteiger partial charge in [-0.3, -0.25) is 0 Å². The van der Waals surface area contributed by atoms with E-state index >= 15 is 0 Å². The monoisotopic (exact) mass is 408 g/mol. The standard InChI is InChI=1S/C21H20N4O3S/c1-13-5-4-6-16(9-13)20-24-23-19(27-20)12-29-21-25-22-18(28-21)11-26-17-8-7-14(2)15(3)10-17/h4-10H,11-12H2,1-3H3. The molecule has 0 aliphatic rings. The number of benzene rings is 2. The van der Waals surface area contributed by atoms with Crippen LogP contribution in [0, 0.1) is 20.8 Å². The molecule has 148 valence electrons. The number of ether oxygens (including phenoxy) is 1. The third kappa shape index (κ3) is 4.83. The molecular weight excluding hydrogens is 388 g/mol. The number of rotatable bonds is 7. The summed E-state index contributed by atoms with van der Waals surface area (Å²) in [5.74, 6) is 2.63. The fraction of sp³-hybridized carbons (Fsp3) is 0.238. The minimum atomic E-state index is 0.216. The van der Waals surface area contributed by atoms with Crippen LogP contribution < -0.4 is 4.74 Å². The molecule has 0 spiro atoms. The maximum atomic E-state index is 5.72. The van der Waals surface area contributed by atoms with E-state index in [-0.39, 0.29) is 6.61 Å². The molecule has 0 saturated carbocycles. The Morgan fingerprint density at radius 3 is 2.55 bits per heavy atom. The highest BCUT2D eigenvalue weighted by molar-refractivity contribution is 7.98. The van der Waals surface area contributed by atoms with Crippen molar-refractivity contribution in [2.24, 2.45) is 0 Å². The third-order valence-electron chi connectivity index (χ3n) is 4.34. The first-order chi connectivity index (χ1) is 14.1. The summed E-state index contributed by atoms with van der Waals surface area (Å²) in [6.07, 6.45) is 0. The zero-order valence-electron chi connectivity index (χ0n) is 16.4. The molecule has 2 heterocycles.